The average Bonchev–Trinajstić information content (AvgIpc) is 3.56. The van der Waals surface area contributed by atoms with Gasteiger partial charge < -0.3 is 4.74 Å². The molecule has 4 aromatic carbocycles. The van der Waals surface area contributed by atoms with Crippen molar-refractivity contribution < 1.29 is 9.53 Å². The Hall–Kier alpha value is -4.22. The van der Waals surface area contributed by atoms with Crippen LogP contribution in [0.15, 0.2) is 103 Å². The highest BCUT2D eigenvalue weighted by Gasteiger charge is 2.73. The second-order valence-corrected chi connectivity index (χ2v) is 10.9. The Morgan fingerprint density at radius 2 is 1.68 bits per heavy atom. The molecule has 2 aliphatic rings. The van der Waals surface area contributed by atoms with Crippen LogP contribution in [0.25, 0.3) is 10.9 Å². The molecule has 0 radical (unpaired) electrons. The van der Waals surface area contributed by atoms with E-state index in [9.17, 15) is 4.79 Å². The highest BCUT2D eigenvalue weighted by molar-refractivity contribution is 6.07. The topological polar surface area (TPSA) is 44.1 Å². The lowest BCUT2D eigenvalue weighted by Crippen LogP contribution is -2.49. The van der Waals surface area contributed by atoms with Crippen molar-refractivity contribution in [2.45, 2.75) is 30.8 Å². The number of carbonyl (C=O) groups is 1. The summed E-state index contributed by atoms with van der Waals surface area (Å²) in [4.78, 5) is 14.5. The zero-order valence-corrected chi connectivity index (χ0v) is 21.7. The number of aromatic nitrogens is 2. The minimum atomic E-state index is -0.536. The van der Waals surface area contributed by atoms with Gasteiger partial charge in [-0.15, -0.1) is 0 Å². The van der Waals surface area contributed by atoms with Gasteiger partial charge in [-0.25, -0.2) is 9.28 Å². The summed E-state index contributed by atoms with van der Waals surface area (Å²) in [6.45, 7) is 1.35. The van der Waals surface area contributed by atoms with E-state index in [-0.39, 0.29) is 16.3 Å². The van der Waals surface area contributed by atoms with Crippen LogP contribution >= 0.6 is 0 Å². The number of hydrogen-bond donors (Lipinski definition) is 0. The largest absolute Gasteiger partial charge is 0.497 e. The predicted molar refractivity (Wildman–Crippen MR) is 150 cm³/mol. The SMILES string of the molecule is COc1ccc2c(c1)[C@]1(C[C@H]1c1ccc3cnn(Cc4ccccc4)c3c1)C(=O)[N+]2(C)Cc1ccccc1. The average molecular weight is 501 g/mol. The summed E-state index contributed by atoms with van der Waals surface area (Å²) < 4.78 is 7.95. The van der Waals surface area contributed by atoms with Crippen molar-refractivity contribution in [3.8, 4) is 5.75 Å². The van der Waals surface area contributed by atoms with Crippen molar-refractivity contribution in [2.24, 2.45) is 0 Å². The molecule has 5 nitrogen and oxygen atoms in total. The fourth-order valence-electron chi connectivity index (χ4n) is 6.59. The number of rotatable bonds is 6. The van der Waals surface area contributed by atoms with Gasteiger partial charge in [0.15, 0.2) is 0 Å². The molecule has 0 N–H and O–H groups in total. The highest BCUT2D eigenvalue weighted by Crippen LogP contribution is 2.68. The lowest BCUT2D eigenvalue weighted by atomic mass is 9.91. The zero-order valence-electron chi connectivity index (χ0n) is 21.7. The molecule has 1 fully saturated rings. The first-order valence-corrected chi connectivity index (χ1v) is 13.2. The second kappa shape index (κ2) is 8.40. The lowest BCUT2D eigenvalue weighted by molar-refractivity contribution is -0.130. The number of benzene rings is 4. The van der Waals surface area contributed by atoms with Crippen LogP contribution in [-0.2, 0) is 23.3 Å². The van der Waals surface area contributed by atoms with Gasteiger partial charge in [-0.05, 0) is 35.7 Å². The first-order valence-electron chi connectivity index (χ1n) is 13.2. The quantitative estimate of drug-likeness (QED) is 0.261. The molecular formula is C33H30N3O2+. The van der Waals surface area contributed by atoms with Gasteiger partial charge >= 0.3 is 5.91 Å². The molecule has 5 aromatic rings. The van der Waals surface area contributed by atoms with Crippen molar-refractivity contribution in [1.82, 2.24) is 14.3 Å². The minimum Gasteiger partial charge on any atom is -0.497 e. The molecule has 3 atom stereocenters. The Balaban J connectivity index is 1.29. The van der Waals surface area contributed by atoms with E-state index >= 15 is 0 Å². The first kappa shape index (κ1) is 22.9. The maximum Gasteiger partial charge on any atom is 0.330 e. The number of quaternary nitrogens is 1. The molecule has 1 aromatic heterocycles. The molecule has 1 unspecified atom stereocenters. The van der Waals surface area contributed by atoms with E-state index < -0.39 is 5.41 Å². The van der Waals surface area contributed by atoms with Crippen LogP contribution < -0.4 is 9.22 Å². The van der Waals surface area contributed by atoms with Gasteiger partial charge in [0.1, 0.15) is 23.4 Å². The number of amides is 1. The summed E-state index contributed by atoms with van der Waals surface area (Å²) in [6.07, 6.45) is 2.74. The molecule has 7 rings (SSSR count). The highest BCUT2D eigenvalue weighted by atomic mass is 16.5. The zero-order chi connectivity index (χ0) is 25.9. The number of fused-ring (bicyclic) bond motifs is 3. The maximum absolute atomic E-state index is 14.5. The lowest BCUT2D eigenvalue weighted by Gasteiger charge is -2.28. The van der Waals surface area contributed by atoms with Crippen molar-refractivity contribution >= 4 is 22.5 Å². The molecule has 1 spiro atoms. The second-order valence-electron chi connectivity index (χ2n) is 10.9. The third kappa shape index (κ3) is 3.35. The van der Waals surface area contributed by atoms with Gasteiger partial charge in [0, 0.05) is 28.5 Å². The smallest absolute Gasteiger partial charge is 0.330 e. The Morgan fingerprint density at radius 3 is 2.42 bits per heavy atom. The van der Waals surface area contributed by atoms with Crippen LogP contribution in [0.1, 0.15) is 34.6 Å². The molecule has 5 heteroatoms. The van der Waals surface area contributed by atoms with E-state index in [0.29, 0.717) is 13.1 Å². The molecule has 0 bridgehead atoms. The number of methoxy groups -OCH3 is 1. The standard InChI is InChI=1S/C33H30N3O2/c1-36(22-24-11-7-4-8-12-24)31-16-15-27(38-2)18-28(31)33(32(36)37)19-29(33)25-13-14-26-20-34-35(30(26)17-25)21-23-9-5-3-6-10-23/h3-18,20,29H,19,21-22H2,1-2H3/q+1/t29-,33-,36?/m0/s1. The summed E-state index contributed by atoms with van der Waals surface area (Å²) in [5.41, 5.74) is 6.33. The molecule has 2 heterocycles. The van der Waals surface area contributed by atoms with Gasteiger partial charge in [-0.3, -0.25) is 4.68 Å². The molecule has 38 heavy (non-hydrogen) atoms. The van der Waals surface area contributed by atoms with E-state index in [0.717, 1.165) is 39.9 Å². The van der Waals surface area contributed by atoms with Gasteiger partial charge in [0.25, 0.3) is 0 Å². The Labute approximate surface area is 222 Å². The molecule has 1 saturated carbocycles. The van der Waals surface area contributed by atoms with Crippen molar-refractivity contribution in [2.75, 3.05) is 14.2 Å². The van der Waals surface area contributed by atoms with Gasteiger partial charge in [-0.1, -0.05) is 72.8 Å². The molecule has 188 valence electrons. The van der Waals surface area contributed by atoms with Gasteiger partial charge in [0.05, 0.1) is 32.4 Å². The predicted octanol–water partition coefficient (Wildman–Crippen LogP) is 6.20. The third-order valence-electron chi connectivity index (χ3n) is 8.59. The van der Waals surface area contributed by atoms with Crippen LogP contribution in [0.4, 0.5) is 5.69 Å². The Morgan fingerprint density at radius 1 is 0.947 bits per heavy atom. The summed E-state index contributed by atoms with van der Waals surface area (Å²) >= 11 is 0. The van der Waals surface area contributed by atoms with Crippen molar-refractivity contribution in [3.05, 3.63) is 126 Å². The third-order valence-corrected chi connectivity index (χ3v) is 8.59. The van der Waals surface area contributed by atoms with E-state index in [4.69, 9.17) is 4.74 Å². The fourth-order valence-corrected chi connectivity index (χ4v) is 6.59. The maximum atomic E-state index is 14.5. The minimum absolute atomic E-state index is 0.126. The molecule has 1 aliphatic heterocycles. The van der Waals surface area contributed by atoms with Crippen molar-refractivity contribution in [3.63, 3.8) is 0 Å². The summed E-state index contributed by atoms with van der Waals surface area (Å²) in [7, 11) is 3.76. The molecule has 1 aliphatic carbocycles. The number of carbonyl (C=O) groups excluding carboxylic acids is 1. The summed E-state index contributed by atoms with van der Waals surface area (Å²) in [5, 5.41) is 5.79. The number of nitrogens with zero attached hydrogens (tertiary/aromatic N) is 3. The van der Waals surface area contributed by atoms with E-state index in [1.807, 2.05) is 36.5 Å². The molecule has 0 saturated heterocycles. The Kier molecular flexibility index (Phi) is 5.07. The normalized spacial score (nSPS) is 23.6. The van der Waals surface area contributed by atoms with Crippen LogP contribution in [0.5, 0.6) is 5.75 Å². The number of ether oxygens (including phenoxy) is 1. The monoisotopic (exact) mass is 500 g/mol. The fraction of sp³-hybridized carbons (Fsp3) is 0.212. The molecule has 1 amide bonds. The summed E-state index contributed by atoms with van der Waals surface area (Å²) in [6, 6.07) is 33.5. The van der Waals surface area contributed by atoms with Crippen LogP contribution in [-0.4, -0.2) is 29.8 Å². The van der Waals surface area contributed by atoms with E-state index in [1.54, 1.807) is 7.11 Å². The first-order chi connectivity index (χ1) is 18.5. The van der Waals surface area contributed by atoms with Gasteiger partial charge in [0.2, 0.25) is 0 Å². The van der Waals surface area contributed by atoms with Gasteiger partial charge in [-0.2, -0.15) is 5.10 Å². The molecular weight excluding hydrogens is 470 g/mol. The van der Waals surface area contributed by atoms with E-state index in [1.165, 1.54) is 11.1 Å². The van der Waals surface area contributed by atoms with Crippen molar-refractivity contribution in [1.29, 1.82) is 0 Å². The number of likely N-dealkylation sites (N-methyl/N-ethyl adjacent to an activating group) is 1. The Bertz CT molecular complexity index is 1680. The van der Waals surface area contributed by atoms with Crippen LogP contribution in [0, 0.1) is 0 Å². The van der Waals surface area contributed by atoms with Crippen LogP contribution in [0.2, 0.25) is 0 Å². The van der Waals surface area contributed by atoms with Crippen LogP contribution in [0.3, 0.4) is 0 Å². The number of hydrogen-bond acceptors (Lipinski definition) is 3. The van der Waals surface area contributed by atoms with E-state index in [2.05, 4.69) is 83.6 Å². The summed E-state index contributed by atoms with van der Waals surface area (Å²) in [5.74, 6) is 1.19.